The van der Waals surface area contributed by atoms with Gasteiger partial charge in [0.15, 0.2) is 0 Å². The predicted molar refractivity (Wildman–Crippen MR) is 81.1 cm³/mol. The number of thiophene rings is 1. The predicted octanol–water partition coefficient (Wildman–Crippen LogP) is 4.30. The number of carbonyl (C=O) groups excluding carboxylic acids is 1. The molecule has 2 heterocycles. The number of amides is 1. The zero-order chi connectivity index (χ0) is 13.8. The van der Waals surface area contributed by atoms with E-state index in [1.165, 1.54) is 6.08 Å². The number of carbonyl (C=O) groups is 1. The molecule has 2 aromatic rings. The molecule has 0 aromatic carbocycles. The maximum absolute atomic E-state index is 11.8. The lowest BCUT2D eigenvalue weighted by molar-refractivity contribution is -0.117. The molecule has 0 bridgehead atoms. The summed E-state index contributed by atoms with van der Waals surface area (Å²) in [4.78, 5) is 12.8. The van der Waals surface area contributed by atoms with Crippen molar-refractivity contribution in [3.8, 4) is 0 Å². The third-order valence-corrected chi connectivity index (χ3v) is 4.13. The molecular weight excluding hydrogens is 326 g/mol. The molecular formula is C14H14BrNO2S. The second kappa shape index (κ2) is 6.21. The van der Waals surface area contributed by atoms with Gasteiger partial charge in [-0.3, -0.25) is 4.79 Å². The molecule has 2 aromatic heterocycles. The number of hydrogen-bond acceptors (Lipinski definition) is 3. The molecule has 0 aliphatic heterocycles. The van der Waals surface area contributed by atoms with Crippen LogP contribution in [0.4, 0.5) is 0 Å². The summed E-state index contributed by atoms with van der Waals surface area (Å²) in [6, 6.07) is 7.53. The summed E-state index contributed by atoms with van der Waals surface area (Å²) < 4.78 is 6.52. The molecule has 0 fully saturated rings. The third kappa shape index (κ3) is 4.08. The lowest BCUT2D eigenvalue weighted by atomic mass is 10.2. The third-order valence-electron chi connectivity index (χ3n) is 2.54. The first-order valence-electron chi connectivity index (χ1n) is 5.85. The Kier molecular flexibility index (Phi) is 4.61. The zero-order valence-electron chi connectivity index (χ0n) is 10.6. The van der Waals surface area contributed by atoms with Crippen LogP contribution in [0.5, 0.6) is 0 Å². The van der Waals surface area contributed by atoms with Crippen molar-refractivity contribution in [2.75, 3.05) is 0 Å². The van der Waals surface area contributed by atoms with E-state index in [1.54, 1.807) is 17.4 Å². The van der Waals surface area contributed by atoms with E-state index in [2.05, 4.69) is 21.2 Å². The molecule has 5 heteroatoms. The zero-order valence-corrected chi connectivity index (χ0v) is 13.0. The molecule has 1 atom stereocenters. The van der Waals surface area contributed by atoms with E-state index in [0.29, 0.717) is 0 Å². The second-order valence-corrected chi connectivity index (χ2v) is 6.65. The standard InChI is InChI=1S/C14H14BrNO2S/c1-9-3-6-12(18-9)10(2)16-14(17)8-5-11-4-7-13(15)19-11/h3-8,10H,1-2H3,(H,16,17)/b8-5+. The Bertz CT molecular complexity index is 600. The van der Waals surface area contributed by atoms with E-state index < -0.39 is 0 Å². The monoisotopic (exact) mass is 339 g/mol. The lowest BCUT2D eigenvalue weighted by Crippen LogP contribution is -2.24. The number of rotatable bonds is 4. The molecule has 0 radical (unpaired) electrons. The Morgan fingerprint density at radius 2 is 2.21 bits per heavy atom. The SMILES string of the molecule is Cc1ccc(C(C)NC(=O)/C=C/c2ccc(Br)s2)o1. The van der Waals surface area contributed by atoms with Crippen molar-refractivity contribution < 1.29 is 9.21 Å². The van der Waals surface area contributed by atoms with Crippen molar-refractivity contribution >= 4 is 39.2 Å². The molecule has 100 valence electrons. The van der Waals surface area contributed by atoms with Gasteiger partial charge in [0.2, 0.25) is 5.91 Å². The smallest absolute Gasteiger partial charge is 0.244 e. The summed E-state index contributed by atoms with van der Waals surface area (Å²) >= 11 is 4.96. The fourth-order valence-corrected chi connectivity index (χ4v) is 2.92. The summed E-state index contributed by atoms with van der Waals surface area (Å²) in [6.07, 6.45) is 3.33. The van der Waals surface area contributed by atoms with Crippen molar-refractivity contribution in [3.05, 3.63) is 50.5 Å². The largest absolute Gasteiger partial charge is 0.464 e. The minimum Gasteiger partial charge on any atom is -0.464 e. The van der Waals surface area contributed by atoms with E-state index in [9.17, 15) is 4.79 Å². The van der Waals surface area contributed by atoms with Gasteiger partial charge in [-0.05, 0) is 60.1 Å². The Morgan fingerprint density at radius 3 is 2.79 bits per heavy atom. The van der Waals surface area contributed by atoms with Crippen LogP contribution in [-0.2, 0) is 4.79 Å². The first kappa shape index (κ1) is 14.1. The van der Waals surface area contributed by atoms with Crippen molar-refractivity contribution in [1.29, 1.82) is 0 Å². The molecule has 0 saturated carbocycles. The summed E-state index contributed by atoms with van der Waals surface area (Å²) in [6.45, 7) is 3.78. The summed E-state index contributed by atoms with van der Waals surface area (Å²) in [5.41, 5.74) is 0. The minimum absolute atomic E-state index is 0.133. The highest BCUT2D eigenvalue weighted by atomic mass is 79.9. The van der Waals surface area contributed by atoms with Gasteiger partial charge in [-0.1, -0.05) is 0 Å². The van der Waals surface area contributed by atoms with Gasteiger partial charge >= 0.3 is 0 Å². The van der Waals surface area contributed by atoms with Gasteiger partial charge in [-0.2, -0.15) is 0 Å². The summed E-state index contributed by atoms with van der Waals surface area (Å²) in [5, 5.41) is 2.86. The Hall–Kier alpha value is -1.33. The van der Waals surface area contributed by atoms with Gasteiger partial charge < -0.3 is 9.73 Å². The van der Waals surface area contributed by atoms with Crippen molar-refractivity contribution in [2.24, 2.45) is 0 Å². The molecule has 1 unspecified atom stereocenters. The highest BCUT2D eigenvalue weighted by Gasteiger charge is 2.10. The maximum atomic E-state index is 11.8. The number of hydrogen-bond donors (Lipinski definition) is 1. The van der Waals surface area contributed by atoms with E-state index >= 15 is 0 Å². The Balaban J connectivity index is 1.92. The summed E-state index contributed by atoms with van der Waals surface area (Å²) in [5.74, 6) is 1.47. The van der Waals surface area contributed by atoms with Crippen LogP contribution in [0.2, 0.25) is 0 Å². The van der Waals surface area contributed by atoms with Crippen molar-refractivity contribution in [2.45, 2.75) is 19.9 Å². The quantitative estimate of drug-likeness (QED) is 0.843. The normalized spacial score (nSPS) is 12.8. The molecule has 0 aliphatic rings. The molecule has 0 saturated heterocycles. The van der Waals surface area contributed by atoms with Gasteiger partial charge in [0.05, 0.1) is 9.83 Å². The molecule has 1 N–H and O–H groups in total. The van der Waals surface area contributed by atoms with E-state index in [4.69, 9.17) is 4.42 Å². The van der Waals surface area contributed by atoms with Gasteiger partial charge in [0, 0.05) is 11.0 Å². The molecule has 0 spiro atoms. The van der Waals surface area contributed by atoms with E-state index in [-0.39, 0.29) is 11.9 Å². The number of nitrogens with one attached hydrogen (secondary N) is 1. The van der Waals surface area contributed by atoms with Gasteiger partial charge in [-0.15, -0.1) is 11.3 Å². The van der Waals surface area contributed by atoms with Crippen LogP contribution in [0.3, 0.4) is 0 Å². The van der Waals surface area contributed by atoms with Crippen LogP contribution in [-0.4, -0.2) is 5.91 Å². The van der Waals surface area contributed by atoms with E-state index in [0.717, 1.165) is 20.2 Å². The number of halogens is 1. The van der Waals surface area contributed by atoms with Crippen LogP contribution >= 0.6 is 27.3 Å². The molecule has 2 rings (SSSR count). The Labute approximate surface area is 124 Å². The first-order chi connectivity index (χ1) is 9.04. The summed E-state index contributed by atoms with van der Waals surface area (Å²) in [7, 11) is 0. The average molecular weight is 340 g/mol. The van der Waals surface area contributed by atoms with Gasteiger partial charge in [-0.25, -0.2) is 0 Å². The van der Waals surface area contributed by atoms with Crippen LogP contribution in [0.1, 0.15) is 29.4 Å². The van der Waals surface area contributed by atoms with Crippen LogP contribution in [0.25, 0.3) is 6.08 Å². The Morgan fingerprint density at radius 1 is 1.42 bits per heavy atom. The van der Waals surface area contributed by atoms with Crippen LogP contribution in [0.15, 0.2) is 38.5 Å². The average Bonchev–Trinajstić information content (AvgIpc) is 2.95. The molecule has 19 heavy (non-hydrogen) atoms. The molecule has 3 nitrogen and oxygen atoms in total. The van der Waals surface area contributed by atoms with E-state index in [1.807, 2.05) is 38.1 Å². The van der Waals surface area contributed by atoms with Crippen molar-refractivity contribution in [1.82, 2.24) is 5.32 Å². The molecule has 0 aliphatic carbocycles. The van der Waals surface area contributed by atoms with Crippen LogP contribution < -0.4 is 5.32 Å². The fourth-order valence-electron chi connectivity index (χ4n) is 1.59. The van der Waals surface area contributed by atoms with Gasteiger partial charge in [0.1, 0.15) is 11.5 Å². The highest BCUT2D eigenvalue weighted by Crippen LogP contribution is 2.23. The number of aryl methyl sites for hydroxylation is 1. The van der Waals surface area contributed by atoms with Crippen molar-refractivity contribution in [3.63, 3.8) is 0 Å². The first-order valence-corrected chi connectivity index (χ1v) is 7.46. The fraction of sp³-hybridized carbons (Fsp3) is 0.214. The second-order valence-electron chi connectivity index (χ2n) is 4.15. The molecule has 1 amide bonds. The maximum Gasteiger partial charge on any atom is 0.244 e. The number of furan rings is 1. The minimum atomic E-state index is -0.138. The van der Waals surface area contributed by atoms with Crippen LogP contribution in [0, 0.1) is 6.92 Å². The topological polar surface area (TPSA) is 42.2 Å². The van der Waals surface area contributed by atoms with Gasteiger partial charge in [0.25, 0.3) is 0 Å². The highest BCUT2D eigenvalue weighted by molar-refractivity contribution is 9.11. The lowest BCUT2D eigenvalue weighted by Gasteiger charge is -2.09.